The van der Waals surface area contributed by atoms with Crippen molar-refractivity contribution >= 4 is 23.6 Å². The number of hydrogen-bond acceptors (Lipinski definition) is 6. The molecule has 0 spiro atoms. The Morgan fingerprint density at radius 2 is 2.00 bits per heavy atom. The Hall–Kier alpha value is -2.29. The largest absolute Gasteiger partial charge is 0.352 e. The Labute approximate surface area is 145 Å². The van der Waals surface area contributed by atoms with Crippen molar-refractivity contribution in [2.24, 2.45) is 7.05 Å². The Bertz CT molecular complexity index is 682. The molecule has 24 heavy (non-hydrogen) atoms. The standard InChI is InChI=1S/C15H21N7OS/c1-20-12(10-19-15(20)24-2)9-18-14(23)22-7-5-21(6-8-22)13-11-16-3-4-17-13/h3-4,10-11H,5-9H2,1-2H3,(H,18,23). The van der Waals surface area contributed by atoms with Crippen LogP contribution in [0.2, 0.25) is 0 Å². The Morgan fingerprint density at radius 3 is 2.62 bits per heavy atom. The van der Waals surface area contributed by atoms with Gasteiger partial charge < -0.3 is 19.7 Å². The number of nitrogens with zero attached hydrogens (tertiary/aromatic N) is 6. The predicted molar refractivity (Wildman–Crippen MR) is 93.0 cm³/mol. The van der Waals surface area contributed by atoms with Gasteiger partial charge in [-0.3, -0.25) is 4.98 Å². The molecule has 1 fully saturated rings. The van der Waals surface area contributed by atoms with E-state index in [4.69, 9.17) is 0 Å². The van der Waals surface area contributed by atoms with Gasteiger partial charge in [-0.1, -0.05) is 11.8 Å². The molecule has 3 heterocycles. The maximum Gasteiger partial charge on any atom is 0.317 e. The summed E-state index contributed by atoms with van der Waals surface area (Å²) in [6.07, 6.45) is 8.89. The molecule has 1 saturated heterocycles. The molecule has 0 bridgehead atoms. The first-order valence-electron chi connectivity index (χ1n) is 7.77. The average molecular weight is 347 g/mol. The maximum absolute atomic E-state index is 12.3. The summed E-state index contributed by atoms with van der Waals surface area (Å²) in [5.74, 6) is 0.858. The quantitative estimate of drug-likeness (QED) is 0.830. The minimum Gasteiger partial charge on any atom is -0.352 e. The van der Waals surface area contributed by atoms with Crippen LogP contribution in [0.5, 0.6) is 0 Å². The van der Waals surface area contributed by atoms with Crippen molar-refractivity contribution in [3.05, 3.63) is 30.5 Å². The molecule has 2 amide bonds. The zero-order valence-corrected chi connectivity index (χ0v) is 14.7. The number of amides is 2. The summed E-state index contributed by atoms with van der Waals surface area (Å²) in [6.45, 7) is 3.34. The van der Waals surface area contributed by atoms with E-state index in [-0.39, 0.29) is 6.03 Å². The third kappa shape index (κ3) is 3.61. The molecule has 128 valence electrons. The van der Waals surface area contributed by atoms with Gasteiger partial charge in [0.1, 0.15) is 5.82 Å². The van der Waals surface area contributed by atoms with Crippen LogP contribution in [-0.2, 0) is 13.6 Å². The molecule has 3 rings (SSSR count). The summed E-state index contributed by atoms with van der Waals surface area (Å²) in [7, 11) is 1.96. The van der Waals surface area contributed by atoms with Gasteiger partial charge in [-0.25, -0.2) is 14.8 Å². The van der Waals surface area contributed by atoms with Gasteiger partial charge in [-0.05, 0) is 6.26 Å². The van der Waals surface area contributed by atoms with Crippen LogP contribution in [0, 0.1) is 0 Å². The molecule has 8 nitrogen and oxygen atoms in total. The van der Waals surface area contributed by atoms with E-state index in [1.807, 2.05) is 22.8 Å². The van der Waals surface area contributed by atoms with Crippen LogP contribution in [0.3, 0.4) is 0 Å². The number of nitrogens with one attached hydrogen (secondary N) is 1. The molecule has 2 aromatic heterocycles. The van der Waals surface area contributed by atoms with Gasteiger partial charge in [-0.15, -0.1) is 0 Å². The smallest absolute Gasteiger partial charge is 0.317 e. The molecule has 0 radical (unpaired) electrons. The number of anilines is 1. The van der Waals surface area contributed by atoms with Crippen LogP contribution in [0.4, 0.5) is 10.6 Å². The van der Waals surface area contributed by atoms with Gasteiger partial charge in [0.2, 0.25) is 0 Å². The minimum absolute atomic E-state index is 0.0410. The van der Waals surface area contributed by atoms with Crippen molar-refractivity contribution in [1.29, 1.82) is 0 Å². The zero-order chi connectivity index (χ0) is 16.9. The van der Waals surface area contributed by atoms with Crippen molar-refractivity contribution in [2.45, 2.75) is 11.7 Å². The lowest BCUT2D eigenvalue weighted by Crippen LogP contribution is -2.52. The highest BCUT2D eigenvalue weighted by Crippen LogP contribution is 2.14. The molecule has 9 heteroatoms. The lowest BCUT2D eigenvalue weighted by molar-refractivity contribution is 0.193. The molecule has 2 aromatic rings. The molecular formula is C15H21N7OS. The van der Waals surface area contributed by atoms with E-state index in [0.29, 0.717) is 19.6 Å². The van der Waals surface area contributed by atoms with Crippen molar-refractivity contribution in [3.8, 4) is 0 Å². The van der Waals surface area contributed by atoms with Crippen LogP contribution in [0.1, 0.15) is 5.69 Å². The monoisotopic (exact) mass is 347 g/mol. The van der Waals surface area contributed by atoms with Gasteiger partial charge in [-0.2, -0.15) is 0 Å². The first-order valence-corrected chi connectivity index (χ1v) is 9.00. The van der Waals surface area contributed by atoms with E-state index < -0.39 is 0 Å². The van der Waals surface area contributed by atoms with Crippen LogP contribution in [0.15, 0.2) is 29.9 Å². The van der Waals surface area contributed by atoms with E-state index >= 15 is 0 Å². The summed E-state index contributed by atoms with van der Waals surface area (Å²) in [5, 5.41) is 3.91. The van der Waals surface area contributed by atoms with Gasteiger partial charge in [0.15, 0.2) is 5.16 Å². The highest BCUT2D eigenvalue weighted by molar-refractivity contribution is 7.98. The summed E-state index contributed by atoms with van der Waals surface area (Å²) in [6, 6.07) is -0.0410. The fourth-order valence-corrected chi connectivity index (χ4v) is 3.20. The van der Waals surface area contributed by atoms with E-state index in [1.54, 1.807) is 36.5 Å². The molecule has 1 N–H and O–H groups in total. The second-order valence-electron chi connectivity index (χ2n) is 5.49. The number of aromatic nitrogens is 4. The van der Waals surface area contributed by atoms with Crippen molar-refractivity contribution in [3.63, 3.8) is 0 Å². The van der Waals surface area contributed by atoms with Gasteiger partial charge in [0.25, 0.3) is 0 Å². The molecule has 0 aliphatic carbocycles. The maximum atomic E-state index is 12.3. The lowest BCUT2D eigenvalue weighted by atomic mass is 10.3. The Balaban J connectivity index is 1.49. The van der Waals surface area contributed by atoms with E-state index in [2.05, 4.69) is 25.2 Å². The van der Waals surface area contributed by atoms with Crippen LogP contribution in [-0.4, -0.2) is 62.9 Å². The number of urea groups is 1. The van der Waals surface area contributed by atoms with Crippen molar-refractivity contribution in [1.82, 2.24) is 29.7 Å². The summed E-state index contributed by atoms with van der Waals surface area (Å²) in [4.78, 5) is 29.0. The second kappa shape index (κ2) is 7.52. The van der Waals surface area contributed by atoms with Crippen LogP contribution in [0.25, 0.3) is 0 Å². The zero-order valence-electron chi connectivity index (χ0n) is 13.8. The molecular weight excluding hydrogens is 326 g/mol. The number of carbonyl (C=O) groups is 1. The topological polar surface area (TPSA) is 79.2 Å². The molecule has 1 aliphatic heterocycles. The summed E-state index contributed by atoms with van der Waals surface area (Å²) < 4.78 is 2.00. The van der Waals surface area contributed by atoms with E-state index in [9.17, 15) is 4.79 Å². The van der Waals surface area contributed by atoms with Crippen molar-refractivity contribution in [2.75, 3.05) is 37.3 Å². The van der Waals surface area contributed by atoms with E-state index in [0.717, 1.165) is 29.8 Å². The number of rotatable bonds is 4. The Morgan fingerprint density at radius 1 is 1.21 bits per heavy atom. The second-order valence-corrected chi connectivity index (χ2v) is 6.27. The molecule has 1 aliphatic rings. The average Bonchev–Trinajstić information content (AvgIpc) is 3.00. The molecule has 0 atom stereocenters. The fraction of sp³-hybridized carbons (Fsp3) is 0.467. The normalized spacial score (nSPS) is 14.8. The number of piperazine rings is 1. The Kier molecular flexibility index (Phi) is 5.19. The number of imidazole rings is 1. The highest BCUT2D eigenvalue weighted by Gasteiger charge is 2.22. The number of carbonyl (C=O) groups excluding carboxylic acids is 1. The SMILES string of the molecule is CSc1ncc(CNC(=O)N2CCN(c3cnccn3)CC2)n1C. The molecule has 0 saturated carbocycles. The van der Waals surface area contributed by atoms with Gasteiger partial charge in [0.05, 0.1) is 24.6 Å². The first kappa shape index (κ1) is 16.6. The number of hydrogen-bond donors (Lipinski definition) is 1. The summed E-state index contributed by atoms with van der Waals surface area (Å²) >= 11 is 1.59. The predicted octanol–water partition coefficient (Wildman–Crippen LogP) is 0.964. The lowest BCUT2D eigenvalue weighted by Gasteiger charge is -2.35. The third-order valence-electron chi connectivity index (χ3n) is 4.09. The third-order valence-corrected chi connectivity index (χ3v) is 4.83. The number of thioether (sulfide) groups is 1. The molecule has 0 unspecified atom stereocenters. The van der Waals surface area contributed by atoms with Crippen LogP contribution >= 0.6 is 11.8 Å². The molecule has 0 aromatic carbocycles. The van der Waals surface area contributed by atoms with E-state index in [1.165, 1.54) is 0 Å². The van der Waals surface area contributed by atoms with Gasteiger partial charge >= 0.3 is 6.03 Å². The first-order chi connectivity index (χ1) is 11.7. The minimum atomic E-state index is -0.0410. The van der Waals surface area contributed by atoms with Gasteiger partial charge in [0, 0.05) is 45.6 Å². The highest BCUT2D eigenvalue weighted by atomic mass is 32.2. The van der Waals surface area contributed by atoms with Crippen molar-refractivity contribution < 1.29 is 4.79 Å². The van der Waals surface area contributed by atoms with Crippen LogP contribution < -0.4 is 10.2 Å². The summed E-state index contributed by atoms with van der Waals surface area (Å²) in [5.41, 5.74) is 0.992. The fourth-order valence-electron chi connectivity index (χ4n) is 2.65.